The number of ether oxygens (including phenoxy) is 1. The molecule has 1 unspecified atom stereocenters. The van der Waals surface area contributed by atoms with Crippen LogP contribution in [0.3, 0.4) is 0 Å². The van der Waals surface area contributed by atoms with Gasteiger partial charge in [-0.3, -0.25) is 4.79 Å². The van der Waals surface area contributed by atoms with Gasteiger partial charge in [0.1, 0.15) is 11.6 Å². The lowest BCUT2D eigenvalue weighted by Crippen LogP contribution is -2.26. The number of imidazole rings is 1. The lowest BCUT2D eigenvalue weighted by Gasteiger charge is -2.13. The van der Waals surface area contributed by atoms with Crippen molar-refractivity contribution in [2.75, 3.05) is 0 Å². The van der Waals surface area contributed by atoms with Crippen molar-refractivity contribution in [2.45, 2.75) is 19.4 Å². The van der Waals surface area contributed by atoms with Crippen molar-refractivity contribution < 1.29 is 9.53 Å². The molecule has 0 spiro atoms. The third-order valence-corrected chi connectivity index (χ3v) is 3.05. The molecule has 100 valence electrons. The van der Waals surface area contributed by atoms with Gasteiger partial charge < -0.3 is 9.30 Å². The molecule has 5 heteroatoms. The van der Waals surface area contributed by atoms with Gasteiger partial charge in [0, 0.05) is 24.5 Å². The molecule has 1 aromatic carbocycles. The standard InChI is InChI=1S/C14H15ClN2O2/c1-10(19-12-5-3-4-11(15)8-12)13(18)9-14-16-6-7-17(14)2/h3-8,10H,9H2,1-2H3. The molecule has 1 atom stereocenters. The van der Waals surface area contributed by atoms with E-state index in [0.29, 0.717) is 10.8 Å². The number of Topliss-reactive ketones (excluding diaryl/α,β-unsaturated/α-hetero) is 1. The number of carbonyl (C=O) groups is 1. The molecule has 0 bridgehead atoms. The molecule has 1 heterocycles. The van der Waals surface area contributed by atoms with Crippen molar-refractivity contribution in [3.05, 3.63) is 47.5 Å². The largest absolute Gasteiger partial charge is 0.483 e. The summed E-state index contributed by atoms with van der Waals surface area (Å²) in [6.07, 6.45) is 3.21. The maximum Gasteiger partial charge on any atom is 0.180 e. The third kappa shape index (κ3) is 3.58. The summed E-state index contributed by atoms with van der Waals surface area (Å²) in [7, 11) is 1.86. The lowest BCUT2D eigenvalue weighted by atomic mass is 10.2. The summed E-state index contributed by atoms with van der Waals surface area (Å²) in [5.41, 5.74) is 0. The minimum atomic E-state index is -0.532. The van der Waals surface area contributed by atoms with Crippen molar-refractivity contribution in [2.24, 2.45) is 7.05 Å². The predicted octanol–water partition coefficient (Wildman–Crippen LogP) is 2.65. The molecular formula is C14H15ClN2O2. The molecule has 0 radical (unpaired) electrons. The van der Waals surface area contributed by atoms with Crippen LogP contribution in [0.5, 0.6) is 5.75 Å². The second kappa shape index (κ2) is 5.89. The smallest absolute Gasteiger partial charge is 0.180 e. The van der Waals surface area contributed by atoms with Crippen LogP contribution in [-0.2, 0) is 18.3 Å². The van der Waals surface area contributed by atoms with Crippen LogP contribution in [0.4, 0.5) is 0 Å². The summed E-state index contributed by atoms with van der Waals surface area (Å²) < 4.78 is 7.40. The highest BCUT2D eigenvalue weighted by Crippen LogP contribution is 2.18. The number of nitrogens with zero attached hydrogens (tertiary/aromatic N) is 2. The molecule has 0 fully saturated rings. The number of aromatic nitrogens is 2. The van der Waals surface area contributed by atoms with E-state index in [-0.39, 0.29) is 12.2 Å². The summed E-state index contributed by atoms with van der Waals surface area (Å²) >= 11 is 5.87. The molecule has 0 amide bonds. The van der Waals surface area contributed by atoms with E-state index in [9.17, 15) is 4.79 Å². The van der Waals surface area contributed by atoms with Crippen molar-refractivity contribution in [3.63, 3.8) is 0 Å². The molecular weight excluding hydrogens is 264 g/mol. The van der Waals surface area contributed by atoms with Crippen LogP contribution in [0.25, 0.3) is 0 Å². The summed E-state index contributed by atoms with van der Waals surface area (Å²) in [5, 5.41) is 0.584. The summed E-state index contributed by atoms with van der Waals surface area (Å²) in [6, 6.07) is 7.00. The van der Waals surface area contributed by atoms with Crippen LogP contribution in [0.2, 0.25) is 5.02 Å². The first-order valence-electron chi connectivity index (χ1n) is 5.97. The fraction of sp³-hybridized carbons (Fsp3) is 0.286. The number of halogens is 1. The van der Waals surface area contributed by atoms with Crippen LogP contribution in [0.1, 0.15) is 12.7 Å². The summed E-state index contributed by atoms with van der Waals surface area (Å²) in [6.45, 7) is 1.73. The topological polar surface area (TPSA) is 44.1 Å². The zero-order chi connectivity index (χ0) is 13.8. The average Bonchev–Trinajstić information content (AvgIpc) is 2.75. The van der Waals surface area contributed by atoms with Crippen molar-refractivity contribution in [1.82, 2.24) is 9.55 Å². The van der Waals surface area contributed by atoms with Gasteiger partial charge in [0.05, 0.1) is 6.42 Å². The van der Waals surface area contributed by atoms with Crippen molar-refractivity contribution >= 4 is 17.4 Å². The Morgan fingerprint density at radius 3 is 2.95 bits per heavy atom. The second-order valence-electron chi connectivity index (χ2n) is 4.31. The van der Waals surface area contributed by atoms with E-state index in [0.717, 1.165) is 5.82 Å². The Morgan fingerprint density at radius 1 is 1.53 bits per heavy atom. The highest BCUT2D eigenvalue weighted by atomic mass is 35.5. The number of carbonyl (C=O) groups excluding carboxylic acids is 1. The summed E-state index contributed by atoms with van der Waals surface area (Å²) in [4.78, 5) is 16.2. The Morgan fingerprint density at radius 2 is 2.32 bits per heavy atom. The van der Waals surface area contributed by atoms with Crippen LogP contribution < -0.4 is 4.74 Å². The molecule has 2 rings (SSSR count). The molecule has 0 aliphatic rings. The first kappa shape index (κ1) is 13.6. The molecule has 19 heavy (non-hydrogen) atoms. The molecule has 4 nitrogen and oxygen atoms in total. The van der Waals surface area contributed by atoms with Crippen LogP contribution in [0.15, 0.2) is 36.7 Å². The highest BCUT2D eigenvalue weighted by Gasteiger charge is 2.17. The van der Waals surface area contributed by atoms with Crippen LogP contribution in [0, 0.1) is 0 Å². The Balaban J connectivity index is 1.98. The fourth-order valence-corrected chi connectivity index (χ4v) is 1.86. The van der Waals surface area contributed by atoms with Crippen molar-refractivity contribution in [3.8, 4) is 5.75 Å². The fourth-order valence-electron chi connectivity index (χ4n) is 1.68. The zero-order valence-corrected chi connectivity index (χ0v) is 11.6. The van der Waals surface area contributed by atoms with E-state index < -0.39 is 6.10 Å². The lowest BCUT2D eigenvalue weighted by molar-refractivity contribution is -0.124. The van der Waals surface area contributed by atoms with Gasteiger partial charge in [-0.15, -0.1) is 0 Å². The normalized spacial score (nSPS) is 12.2. The van der Waals surface area contributed by atoms with E-state index >= 15 is 0 Å². The molecule has 0 saturated carbocycles. The maximum absolute atomic E-state index is 12.0. The quantitative estimate of drug-likeness (QED) is 0.844. The molecule has 2 aromatic rings. The molecule has 0 aliphatic carbocycles. The Hall–Kier alpha value is -1.81. The summed E-state index contributed by atoms with van der Waals surface area (Å²) in [5.74, 6) is 1.30. The molecule has 0 aliphatic heterocycles. The van der Waals surface area contributed by atoms with Crippen LogP contribution >= 0.6 is 11.6 Å². The monoisotopic (exact) mass is 278 g/mol. The number of hydrogen-bond acceptors (Lipinski definition) is 3. The van der Waals surface area contributed by atoms with E-state index in [1.54, 1.807) is 37.4 Å². The van der Waals surface area contributed by atoms with Gasteiger partial charge in [-0.2, -0.15) is 0 Å². The van der Waals surface area contributed by atoms with E-state index in [2.05, 4.69) is 4.98 Å². The number of hydrogen-bond donors (Lipinski definition) is 0. The van der Waals surface area contributed by atoms with Gasteiger partial charge in [-0.05, 0) is 25.1 Å². The minimum Gasteiger partial charge on any atom is -0.483 e. The van der Waals surface area contributed by atoms with Gasteiger partial charge in [0.25, 0.3) is 0 Å². The van der Waals surface area contributed by atoms with Crippen LogP contribution in [-0.4, -0.2) is 21.4 Å². The Bertz CT molecular complexity index is 580. The molecule has 0 saturated heterocycles. The van der Waals surface area contributed by atoms with Gasteiger partial charge in [-0.25, -0.2) is 4.98 Å². The minimum absolute atomic E-state index is 0.0192. The second-order valence-corrected chi connectivity index (χ2v) is 4.75. The third-order valence-electron chi connectivity index (χ3n) is 2.82. The predicted molar refractivity (Wildman–Crippen MR) is 73.5 cm³/mol. The number of aryl methyl sites for hydroxylation is 1. The Labute approximate surface area is 117 Å². The molecule has 0 N–H and O–H groups in total. The van der Waals surface area contributed by atoms with Gasteiger partial charge in [0.2, 0.25) is 0 Å². The maximum atomic E-state index is 12.0. The highest BCUT2D eigenvalue weighted by molar-refractivity contribution is 6.30. The van der Waals surface area contributed by atoms with E-state index in [1.165, 1.54) is 0 Å². The zero-order valence-electron chi connectivity index (χ0n) is 10.8. The van der Waals surface area contributed by atoms with Gasteiger partial charge >= 0.3 is 0 Å². The first-order chi connectivity index (χ1) is 9.06. The first-order valence-corrected chi connectivity index (χ1v) is 6.35. The van der Waals surface area contributed by atoms with Crippen molar-refractivity contribution in [1.29, 1.82) is 0 Å². The van der Waals surface area contributed by atoms with Gasteiger partial charge in [0.15, 0.2) is 11.9 Å². The average molecular weight is 279 g/mol. The number of benzene rings is 1. The SMILES string of the molecule is CC(Oc1cccc(Cl)c1)C(=O)Cc1nccn1C. The Kier molecular flexibility index (Phi) is 4.22. The van der Waals surface area contributed by atoms with E-state index in [1.807, 2.05) is 17.8 Å². The van der Waals surface area contributed by atoms with Gasteiger partial charge in [-0.1, -0.05) is 17.7 Å². The number of rotatable bonds is 5. The number of ketones is 1. The molecule has 1 aromatic heterocycles. The van der Waals surface area contributed by atoms with E-state index in [4.69, 9.17) is 16.3 Å².